The highest BCUT2D eigenvalue weighted by molar-refractivity contribution is 6.61. The molecule has 1 aliphatic heterocycles. The molecule has 1 aliphatic rings. The van der Waals surface area contributed by atoms with Gasteiger partial charge in [-0.2, -0.15) is 0 Å². The van der Waals surface area contributed by atoms with E-state index in [1.54, 1.807) is 29.5 Å². The van der Waals surface area contributed by atoms with Gasteiger partial charge in [0.15, 0.2) is 5.82 Å². The highest BCUT2D eigenvalue weighted by Gasteiger charge is 2.53. The van der Waals surface area contributed by atoms with Crippen molar-refractivity contribution in [1.29, 1.82) is 0 Å². The van der Waals surface area contributed by atoms with Gasteiger partial charge in [0, 0.05) is 12.4 Å². The van der Waals surface area contributed by atoms with E-state index in [0.29, 0.717) is 11.4 Å². The van der Waals surface area contributed by atoms with Crippen LogP contribution in [0.15, 0.2) is 24.8 Å². The molecule has 0 atom stereocenters. The average molecular weight is 273 g/mol. The highest BCUT2D eigenvalue weighted by atomic mass is 16.7. The van der Waals surface area contributed by atoms with Crippen molar-refractivity contribution in [2.24, 2.45) is 0 Å². The Morgan fingerprint density at radius 2 is 1.75 bits per heavy atom. The summed E-state index contributed by atoms with van der Waals surface area (Å²) >= 11 is 0. The lowest BCUT2D eigenvalue weighted by Gasteiger charge is -2.32. The third kappa shape index (κ3) is 2.01. The van der Waals surface area contributed by atoms with Gasteiger partial charge in [-0.15, -0.1) is 5.10 Å². The monoisotopic (exact) mass is 273 g/mol. The molecule has 0 aromatic carbocycles. The van der Waals surface area contributed by atoms with Crippen molar-refractivity contribution < 1.29 is 9.31 Å². The summed E-state index contributed by atoms with van der Waals surface area (Å²) < 4.78 is 13.6. The van der Waals surface area contributed by atoms with Gasteiger partial charge in [0.05, 0.1) is 29.2 Å². The molecule has 2 aromatic rings. The van der Waals surface area contributed by atoms with Crippen molar-refractivity contribution in [3.8, 4) is 5.82 Å². The van der Waals surface area contributed by atoms with Gasteiger partial charge in [-0.25, -0.2) is 9.67 Å². The van der Waals surface area contributed by atoms with Crippen LogP contribution in [0.25, 0.3) is 5.82 Å². The average Bonchev–Trinajstić information content (AvgIpc) is 2.94. The molecular weight excluding hydrogens is 257 g/mol. The minimum atomic E-state index is -0.531. The maximum atomic E-state index is 6.00. The zero-order chi connectivity index (χ0) is 14.4. The number of hydrogen-bond acceptors (Lipinski definition) is 6. The summed E-state index contributed by atoms with van der Waals surface area (Å²) in [7, 11) is -0.531. The molecule has 0 radical (unpaired) electrons. The number of hydrogen-bond donors (Lipinski definition) is 0. The summed E-state index contributed by atoms with van der Waals surface area (Å²) in [6.07, 6.45) is 6.44. The molecule has 7 nitrogen and oxygen atoms in total. The van der Waals surface area contributed by atoms with E-state index >= 15 is 0 Å². The summed E-state index contributed by atoms with van der Waals surface area (Å²) in [6, 6.07) is 0. The fraction of sp³-hybridized carbons (Fsp3) is 0.500. The normalized spacial score (nSPS) is 20.3. The Kier molecular flexibility index (Phi) is 2.88. The number of aromatic nitrogens is 5. The first-order valence-electron chi connectivity index (χ1n) is 6.43. The fourth-order valence-corrected chi connectivity index (χ4v) is 1.95. The van der Waals surface area contributed by atoms with Gasteiger partial charge in [-0.05, 0) is 27.7 Å². The van der Waals surface area contributed by atoms with Crippen LogP contribution in [-0.4, -0.2) is 43.3 Å². The van der Waals surface area contributed by atoms with Gasteiger partial charge in [0.2, 0.25) is 0 Å². The Balaban J connectivity index is 1.96. The van der Waals surface area contributed by atoms with Crippen LogP contribution in [0.3, 0.4) is 0 Å². The molecule has 20 heavy (non-hydrogen) atoms. The molecule has 8 heteroatoms. The maximum absolute atomic E-state index is 6.00. The first-order valence-corrected chi connectivity index (χ1v) is 6.43. The molecule has 0 spiro atoms. The molecule has 0 amide bonds. The predicted molar refractivity (Wildman–Crippen MR) is 72.7 cm³/mol. The zero-order valence-electron chi connectivity index (χ0n) is 11.9. The molecule has 0 aliphatic carbocycles. The van der Waals surface area contributed by atoms with Crippen LogP contribution in [0.1, 0.15) is 27.7 Å². The number of rotatable bonds is 2. The van der Waals surface area contributed by atoms with Gasteiger partial charge < -0.3 is 9.31 Å². The molecule has 2 aromatic heterocycles. The number of nitrogens with zero attached hydrogens (tertiary/aromatic N) is 5. The summed E-state index contributed by atoms with van der Waals surface area (Å²) in [5.74, 6) is 0.578. The minimum Gasteiger partial charge on any atom is -0.398 e. The third-order valence-electron chi connectivity index (χ3n) is 3.84. The van der Waals surface area contributed by atoms with Crippen LogP contribution in [0.5, 0.6) is 0 Å². The van der Waals surface area contributed by atoms with E-state index in [0.717, 1.165) is 0 Å². The lowest BCUT2D eigenvalue weighted by molar-refractivity contribution is 0.00578. The molecule has 0 unspecified atom stereocenters. The summed E-state index contributed by atoms with van der Waals surface area (Å²) in [4.78, 5) is 8.25. The second-order valence-electron chi connectivity index (χ2n) is 5.72. The molecule has 1 saturated heterocycles. The maximum Gasteiger partial charge on any atom is 0.516 e. The van der Waals surface area contributed by atoms with Crippen LogP contribution < -0.4 is 5.59 Å². The van der Waals surface area contributed by atoms with Crippen LogP contribution in [-0.2, 0) is 9.31 Å². The van der Waals surface area contributed by atoms with Gasteiger partial charge in [-0.3, -0.25) is 4.98 Å². The van der Waals surface area contributed by atoms with E-state index in [9.17, 15) is 0 Å². The molecule has 104 valence electrons. The first kappa shape index (κ1) is 13.2. The largest absolute Gasteiger partial charge is 0.516 e. The van der Waals surface area contributed by atoms with Crippen molar-refractivity contribution in [2.75, 3.05) is 0 Å². The lowest BCUT2D eigenvalue weighted by Crippen LogP contribution is -2.41. The molecule has 3 heterocycles. The Hall–Kier alpha value is -1.80. The minimum absolute atomic E-state index is 0.408. The van der Waals surface area contributed by atoms with Crippen LogP contribution in [0.2, 0.25) is 0 Å². The van der Waals surface area contributed by atoms with Gasteiger partial charge >= 0.3 is 7.12 Å². The Labute approximate surface area is 117 Å². The standard InChI is InChI=1S/C12H16BN5O2/c1-11(2)12(3,4)20-13(19-11)9-7-16-17-18(9)10-8-14-5-6-15-10/h5-8H,1-4H3. The van der Waals surface area contributed by atoms with Crippen LogP contribution in [0.4, 0.5) is 0 Å². The van der Waals surface area contributed by atoms with Crippen molar-refractivity contribution >= 4 is 12.7 Å². The second-order valence-corrected chi connectivity index (χ2v) is 5.72. The Bertz CT molecular complexity index is 597. The van der Waals surface area contributed by atoms with Crippen molar-refractivity contribution in [1.82, 2.24) is 25.0 Å². The van der Waals surface area contributed by atoms with Crippen molar-refractivity contribution in [3.05, 3.63) is 24.8 Å². The van der Waals surface area contributed by atoms with Gasteiger partial charge in [0.25, 0.3) is 0 Å². The summed E-state index contributed by atoms with van der Waals surface area (Å²) in [5, 5.41) is 7.95. The van der Waals surface area contributed by atoms with E-state index in [1.165, 1.54) is 0 Å². The Morgan fingerprint density at radius 1 is 1.05 bits per heavy atom. The second kappa shape index (κ2) is 4.36. The molecule has 0 bridgehead atoms. The summed E-state index contributed by atoms with van der Waals surface area (Å²) in [6.45, 7) is 8.01. The van der Waals surface area contributed by atoms with Crippen LogP contribution in [0, 0.1) is 0 Å². The van der Waals surface area contributed by atoms with E-state index in [2.05, 4.69) is 20.3 Å². The molecule has 0 saturated carbocycles. The van der Waals surface area contributed by atoms with Crippen molar-refractivity contribution in [3.63, 3.8) is 0 Å². The van der Waals surface area contributed by atoms with Crippen LogP contribution >= 0.6 is 0 Å². The molecule has 1 fully saturated rings. The smallest absolute Gasteiger partial charge is 0.398 e. The first-order chi connectivity index (χ1) is 9.41. The van der Waals surface area contributed by atoms with Crippen molar-refractivity contribution in [2.45, 2.75) is 38.9 Å². The van der Waals surface area contributed by atoms with E-state index in [1.807, 2.05) is 27.7 Å². The lowest BCUT2D eigenvalue weighted by atomic mass is 9.85. The molecule has 3 rings (SSSR count). The quantitative estimate of drug-likeness (QED) is 0.735. The van der Waals surface area contributed by atoms with E-state index in [-0.39, 0.29) is 0 Å². The topological polar surface area (TPSA) is 75.0 Å². The van der Waals surface area contributed by atoms with Gasteiger partial charge in [0.1, 0.15) is 0 Å². The predicted octanol–water partition coefficient (Wildman–Crippen LogP) is 0.356. The molecular formula is C12H16BN5O2. The SMILES string of the molecule is CC1(C)OB(c2cnnn2-c2cnccn2)OC1(C)C. The van der Waals surface area contributed by atoms with Gasteiger partial charge in [-0.1, -0.05) is 5.21 Å². The van der Waals surface area contributed by atoms with E-state index < -0.39 is 18.3 Å². The highest BCUT2D eigenvalue weighted by Crippen LogP contribution is 2.36. The third-order valence-corrected chi connectivity index (χ3v) is 3.84. The zero-order valence-corrected chi connectivity index (χ0v) is 11.9. The fourth-order valence-electron chi connectivity index (χ4n) is 1.95. The van der Waals surface area contributed by atoms with E-state index in [4.69, 9.17) is 9.31 Å². The molecule has 0 N–H and O–H groups in total. The Morgan fingerprint density at radius 3 is 2.35 bits per heavy atom. The summed E-state index contributed by atoms with van der Waals surface area (Å²) in [5.41, 5.74) is -0.117.